The van der Waals surface area contributed by atoms with Gasteiger partial charge in [-0.05, 0) is 24.8 Å². The molecule has 13 heteroatoms. The van der Waals surface area contributed by atoms with Crippen molar-refractivity contribution in [1.82, 2.24) is 34.7 Å². The van der Waals surface area contributed by atoms with Gasteiger partial charge in [-0.1, -0.05) is 41.9 Å². The zero-order valence-corrected chi connectivity index (χ0v) is 21.3. The lowest BCUT2D eigenvalue weighted by atomic mass is 10.1. The Morgan fingerprint density at radius 1 is 1.00 bits per heavy atom. The number of halogens is 1. The molecule has 1 fully saturated rings. The van der Waals surface area contributed by atoms with Gasteiger partial charge in [0.25, 0.3) is 0 Å². The van der Waals surface area contributed by atoms with Crippen molar-refractivity contribution in [3.63, 3.8) is 0 Å². The van der Waals surface area contributed by atoms with Crippen molar-refractivity contribution in [1.29, 1.82) is 0 Å². The lowest BCUT2D eigenvalue weighted by Crippen LogP contribution is -2.38. The van der Waals surface area contributed by atoms with Crippen LogP contribution in [0.3, 0.4) is 0 Å². The predicted octanol–water partition coefficient (Wildman–Crippen LogP) is 3.91. The molecule has 4 aromatic rings. The van der Waals surface area contributed by atoms with E-state index < -0.39 is 0 Å². The molecular weight excluding hydrogens is 502 g/mol. The Morgan fingerprint density at radius 3 is 2.42 bits per heavy atom. The summed E-state index contributed by atoms with van der Waals surface area (Å²) in [5.74, 6) is 2.47. The van der Waals surface area contributed by atoms with Crippen molar-refractivity contribution < 1.29 is 9.47 Å². The van der Waals surface area contributed by atoms with Crippen LogP contribution in [0.4, 0.5) is 11.9 Å². The van der Waals surface area contributed by atoms with Crippen molar-refractivity contribution >= 4 is 35.4 Å². The number of benzene rings is 1. The topological polar surface area (TPSA) is 116 Å². The van der Waals surface area contributed by atoms with E-state index in [2.05, 4.69) is 39.8 Å². The number of aromatic nitrogens is 7. The van der Waals surface area contributed by atoms with Gasteiger partial charge < -0.3 is 14.4 Å². The number of piperidine rings is 1. The van der Waals surface area contributed by atoms with Crippen LogP contribution >= 0.6 is 23.5 Å². The first kappa shape index (κ1) is 24.1. The Bertz CT molecular complexity index is 1280. The highest BCUT2D eigenvalue weighted by Crippen LogP contribution is 2.36. The molecule has 5 rings (SSSR count). The van der Waals surface area contributed by atoms with Crippen LogP contribution in [-0.2, 0) is 0 Å². The summed E-state index contributed by atoms with van der Waals surface area (Å²) < 4.78 is 16.3. The van der Waals surface area contributed by atoms with Gasteiger partial charge in [-0.3, -0.25) is 9.29 Å². The average Bonchev–Trinajstić information content (AvgIpc) is 3.36. The minimum absolute atomic E-state index is 0.263. The molecule has 1 aliphatic heterocycles. The second-order valence-corrected chi connectivity index (χ2v) is 9.46. The molecule has 1 unspecified atom stereocenters. The number of nitrogens with zero attached hydrogens (tertiary/aromatic N) is 8. The van der Waals surface area contributed by atoms with Crippen molar-refractivity contribution in [3.05, 3.63) is 54.1 Å². The van der Waals surface area contributed by atoms with Crippen LogP contribution in [0.1, 0.15) is 12.8 Å². The lowest BCUT2D eigenvalue weighted by molar-refractivity contribution is 0.368. The molecule has 0 spiro atoms. The van der Waals surface area contributed by atoms with Gasteiger partial charge in [0.2, 0.25) is 23.7 Å². The number of anilines is 2. The minimum Gasteiger partial charge on any atom is -0.479 e. The van der Waals surface area contributed by atoms with E-state index in [0.717, 1.165) is 31.5 Å². The Hall–Kier alpha value is -3.64. The molecule has 186 valence electrons. The van der Waals surface area contributed by atoms with Gasteiger partial charge in [0, 0.05) is 23.9 Å². The van der Waals surface area contributed by atoms with E-state index in [4.69, 9.17) is 21.1 Å². The summed E-state index contributed by atoms with van der Waals surface area (Å²) in [5, 5.41) is 9.71. The van der Waals surface area contributed by atoms with Crippen LogP contribution in [0.25, 0.3) is 17.1 Å². The highest BCUT2D eigenvalue weighted by molar-refractivity contribution is 8.01. The van der Waals surface area contributed by atoms with E-state index in [9.17, 15) is 0 Å². The fourth-order valence-corrected chi connectivity index (χ4v) is 5.04. The molecule has 3 aromatic heterocycles. The highest BCUT2D eigenvalue weighted by atomic mass is 35.5. The van der Waals surface area contributed by atoms with E-state index in [1.54, 1.807) is 38.6 Å². The van der Waals surface area contributed by atoms with Crippen LogP contribution in [0.5, 0.6) is 11.8 Å². The molecule has 4 heterocycles. The quantitative estimate of drug-likeness (QED) is 0.337. The fraction of sp³-hybridized carbons (Fsp3) is 0.304. The van der Waals surface area contributed by atoms with Crippen LogP contribution in [0.2, 0.25) is 5.02 Å². The first-order valence-corrected chi connectivity index (χ1v) is 12.5. The third-order valence-corrected chi connectivity index (χ3v) is 6.86. The summed E-state index contributed by atoms with van der Waals surface area (Å²) in [6.07, 6.45) is 6.68. The molecule has 0 saturated carbocycles. The maximum Gasteiger partial charge on any atom is 0.245 e. The smallest absolute Gasteiger partial charge is 0.245 e. The predicted molar refractivity (Wildman–Crippen MR) is 139 cm³/mol. The molecule has 1 aliphatic rings. The van der Waals surface area contributed by atoms with E-state index in [1.807, 2.05) is 34.9 Å². The first-order chi connectivity index (χ1) is 17.7. The van der Waals surface area contributed by atoms with Crippen molar-refractivity contribution in [2.75, 3.05) is 36.9 Å². The Labute approximate surface area is 217 Å². The van der Waals surface area contributed by atoms with E-state index >= 15 is 0 Å². The fourth-order valence-electron chi connectivity index (χ4n) is 3.99. The minimum atomic E-state index is 0.263. The Morgan fingerprint density at radius 2 is 1.72 bits per heavy atom. The standard InChI is InChI=1S/C23H24ClN9O2S/c1-34-20-18(21(35-2)28-14-27-20)33-19(15-7-4-3-5-8-15)29-30-23(33)31-36-17-9-6-10-32(13-17)22-25-11-16(24)12-26-22/h3-5,7-8,11-12,14,17H,6,9-10,13H2,1-2H3,(H,30,31). The third-order valence-electron chi connectivity index (χ3n) is 5.65. The van der Waals surface area contributed by atoms with E-state index in [1.165, 1.54) is 6.33 Å². The molecule has 1 saturated heterocycles. The Balaban J connectivity index is 1.44. The van der Waals surface area contributed by atoms with Crippen LogP contribution in [-0.4, -0.2) is 67.3 Å². The third kappa shape index (κ3) is 5.00. The largest absolute Gasteiger partial charge is 0.479 e. The highest BCUT2D eigenvalue weighted by Gasteiger charge is 2.27. The zero-order valence-electron chi connectivity index (χ0n) is 19.7. The molecule has 36 heavy (non-hydrogen) atoms. The van der Waals surface area contributed by atoms with Crippen LogP contribution < -0.4 is 19.1 Å². The molecule has 0 radical (unpaired) electrons. The second-order valence-electron chi connectivity index (χ2n) is 7.92. The molecule has 0 bridgehead atoms. The average molecular weight is 526 g/mol. The molecular formula is C23H24ClN9O2S. The van der Waals surface area contributed by atoms with Gasteiger partial charge in [-0.25, -0.2) is 9.97 Å². The summed E-state index contributed by atoms with van der Waals surface area (Å²) in [6.45, 7) is 1.67. The normalized spacial score (nSPS) is 15.5. The molecule has 1 aromatic carbocycles. The number of nitrogens with one attached hydrogen (secondary N) is 1. The molecule has 0 aliphatic carbocycles. The molecule has 0 amide bonds. The van der Waals surface area contributed by atoms with Crippen molar-refractivity contribution in [3.8, 4) is 28.8 Å². The lowest BCUT2D eigenvalue weighted by Gasteiger charge is -2.32. The number of rotatable bonds is 8. The van der Waals surface area contributed by atoms with Gasteiger partial charge in [0.1, 0.15) is 6.33 Å². The van der Waals surface area contributed by atoms with Crippen LogP contribution in [0, 0.1) is 0 Å². The number of hydrogen-bond donors (Lipinski definition) is 1. The zero-order chi connectivity index (χ0) is 24.9. The number of hydrogen-bond acceptors (Lipinski definition) is 11. The van der Waals surface area contributed by atoms with E-state index in [0.29, 0.717) is 40.2 Å². The van der Waals surface area contributed by atoms with Gasteiger partial charge >= 0.3 is 0 Å². The SMILES string of the molecule is COc1ncnc(OC)c1-n1c(NSC2CCCN(c3ncc(Cl)cn3)C2)nnc1-c1ccccc1. The number of methoxy groups -OCH3 is 2. The van der Waals surface area contributed by atoms with Gasteiger partial charge in [0.15, 0.2) is 11.5 Å². The molecule has 1 atom stereocenters. The number of ether oxygens (including phenoxy) is 2. The van der Waals surface area contributed by atoms with E-state index in [-0.39, 0.29) is 5.25 Å². The molecule has 11 nitrogen and oxygen atoms in total. The summed E-state index contributed by atoms with van der Waals surface area (Å²) in [4.78, 5) is 19.5. The second kappa shape index (κ2) is 11.0. The Kier molecular flexibility index (Phi) is 7.33. The monoisotopic (exact) mass is 525 g/mol. The van der Waals surface area contributed by atoms with Gasteiger partial charge in [-0.15, -0.1) is 10.2 Å². The first-order valence-electron chi connectivity index (χ1n) is 11.3. The summed E-state index contributed by atoms with van der Waals surface area (Å²) in [5.41, 5.74) is 1.38. The summed E-state index contributed by atoms with van der Waals surface area (Å²) in [7, 11) is 3.10. The maximum atomic E-state index is 5.95. The van der Waals surface area contributed by atoms with Crippen LogP contribution in [0.15, 0.2) is 49.1 Å². The van der Waals surface area contributed by atoms with Crippen molar-refractivity contribution in [2.45, 2.75) is 18.1 Å². The van der Waals surface area contributed by atoms with Gasteiger partial charge in [0.05, 0.1) is 31.6 Å². The summed E-state index contributed by atoms with van der Waals surface area (Å²) >= 11 is 7.53. The van der Waals surface area contributed by atoms with Crippen molar-refractivity contribution in [2.24, 2.45) is 0 Å². The van der Waals surface area contributed by atoms with Gasteiger partial charge in [-0.2, -0.15) is 9.97 Å². The molecule has 1 N–H and O–H groups in total. The summed E-state index contributed by atoms with van der Waals surface area (Å²) in [6, 6.07) is 9.77. The maximum absolute atomic E-state index is 5.95.